The summed E-state index contributed by atoms with van der Waals surface area (Å²) in [6.45, 7) is 2.71. The van der Waals surface area contributed by atoms with Crippen molar-refractivity contribution in [2.45, 2.75) is 51.6 Å². The molecule has 0 atom stereocenters. The first-order chi connectivity index (χ1) is 13.6. The van der Waals surface area contributed by atoms with Crippen molar-refractivity contribution >= 4 is 17.4 Å². The number of hydrogen-bond acceptors (Lipinski definition) is 5. The van der Waals surface area contributed by atoms with E-state index in [1.54, 1.807) is 10.7 Å². The Hall–Kier alpha value is -2.80. The van der Waals surface area contributed by atoms with Crippen LogP contribution in [-0.4, -0.2) is 43.5 Å². The molecule has 1 aromatic carbocycles. The number of fused-ring (bicyclic) bond motifs is 1. The Balaban J connectivity index is 1.51. The second kappa shape index (κ2) is 8.06. The van der Waals surface area contributed by atoms with Gasteiger partial charge in [0.05, 0.1) is 0 Å². The number of aromatic nitrogens is 4. The van der Waals surface area contributed by atoms with Crippen molar-refractivity contribution < 1.29 is 4.79 Å². The number of para-hydroxylation sites is 1. The lowest BCUT2D eigenvalue weighted by Crippen LogP contribution is -2.33. The van der Waals surface area contributed by atoms with Crippen LogP contribution in [0.4, 0.5) is 5.69 Å². The molecule has 2 aromatic heterocycles. The van der Waals surface area contributed by atoms with E-state index >= 15 is 0 Å². The van der Waals surface area contributed by atoms with Gasteiger partial charge in [0.1, 0.15) is 0 Å². The van der Waals surface area contributed by atoms with E-state index < -0.39 is 0 Å². The van der Waals surface area contributed by atoms with Crippen molar-refractivity contribution in [2.24, 2.45) is 0 Å². The van der Waals surface area contributed by atoms with E-state index in [9.17, 15) is 4.79 Å². The Kier molecular flexibility index (Phi) is 5.34. The molecule has 0 aliphatic heterocycles. The molecule has 1 N–H and O–H groups in total. The molecule has 1 saturated carbocycles. The second-order valence-electron chi connectivity index (χ2n) is 7.55. The number of benzene rings is 1. The van der Waals surface area contributed by atoms with Gasteiger partial charge in [0, 0.05) is 30.2 Å². The number of nitrogens with zero attached hydrogens (tertiary/aromatic N) is 5. The van der Waals surface area contributed by atoms with Crippen LogP contribution < -0.4 is 5.32 Å². The van der Waals surface area contributed by atoms with Crippen molar-refractivity contribution in [2.75, 3.05) is 12.4 Å². The minimum atomic E-state index is -0.322. The molecule has 0 saturated heterocycles. The highest BCUT2D eigenvalue weighted by Crippen LogP contribution is 2.25. The molecule has 0 bridgehead atoms. The molecule has 4 rings (SSSR count). The largest absolute Gasteiger partial charge is 0.319 e. The van der Waals surface area contributed by atoms with Crippen LogP contribution in [-0.2, 0) is 6.54 Å². The molecule has 1 fully saturated rings. The van der Waals surface area contributed by atoms with Crippen LogP contribution in [0.1, 0.15) is 54.0 Å². The lowest BCUT2D eigenvalue weighted by molar-refractivity contribution is 0.101. The number of hydrogen-bond donors (Lipinski definition) is 1. The molecule has 3 aromatic rings. The summed E-state index contributed by atoms with van der Waals surface area (Å²) in [6.07, 6.45) is 8.13. The van der Waals surface area contributed by atoms with Gasteiger partial charge in [-0.25, -0.2) is 9.50 Å². The van der Waals surface area contributed by atoms with E-state index in [0.29, 0.717) is 11.8 Å². The first-order valence-corrected chi connectivity index (χ1v) is 9.90. The van der Waals surface area contributed by atoms with Gasteiger partial charge in [0.25, 0.3) is 11.7 Å². The molecule has 1 aliphatic rings. The second-order valence-corrected chi connectivity index (χ2v) is 7.55. The number of carbonyl (C=O) groups is 1. The van der Waals surface area contributed by atoms with E-state index in [1.165, 1.54) is 32.1 Å². The predicted molar refractivity (Wildman–Crippen MR) is 108 cm³/mol. The number of aryl methyl sites for hydroxylation is 1. The Morgan fingerprint density at radius 1 is 1.21 bits per heavy atom. The SMILES string of the molecule is Cc1ccnc2nc(C(=O)Nc3ccccc3CN(C)C3CCCCC3)nn12. The highest BCUT2D eigenvalue weighted by atomic mass is 16.2. The van der Waals surface area contributed by atoms with E-state index in [1.807, 2.05) is 31.2 Å². The Labute approximate surface area is 164 Å². The van der Waals surface area contributed by atoms with Crippen LogP contribution in [0.25, 0.3) is 5.78 Å². The summed E-state index contributed by atoms with van der Waals surface area (Å²) in [5.74, 6) is 0.227. The van der Waals surface area contributed by atoms with Crippen molar-refractivity contribution in [3.8, 4) is 0 Å². The van der Waals surface area contributed by atoms with Gasteiger partial charge in [-0.15, -0.1) is 5.10 Å². The summed E-state index contributed by atoms with van der Waals surface area (Å²) in [5, 5.41) is 7.28. The lowest BCUT2D eigenvalue weighted by Gasteiger charge is -2.31. The molecule has 0 spiro atoms. The lowest BCUT2D eigenvalue weighted by atomic mass is 9.94. The van der Waals surface area contributed by atoms with Gasteiger partial charge >= 0.3 is 0 Å². The van der Waals surface area contributed by atoms with Gasteiger partial charge in [-0.3, -0.25) is 9.69 Å². The monoisotopic (exact) mass is 378 g/mol. The fourth-order valence-corrected chi connectivity index (χ4v) is 3.88. The van der Waals surface area contributed by atoms with Crippen molar-refractivity contribution in [3.63, 3.8) is 0 Å². The molecule has 7 heteroatoms. The van der Waals surface area contributed by atoms with Crippen molar-refractivity contribution in [1.29, 1.82) is 0 Å². The molecule has 0 radical (unpaired) electrons. The van der Waals surface area contributed by atoms with Gasteiger partial charge < -0.3 is 5.32 Å². The molecule has 28 heavy (non-hydrogen) atoms. The third-order valence-corrected chi connectivity index (χ3v) is 5.52. The fraction of sp³-hybridized carbons (Fsp3) is 0.429. The molecule has 146 valence electrons. The zero-order valence-electron chi connectivity index (χ0n) is 16.4. The van der Waals surface area contributed by atoms with E-state index in [4.69, 9.17) is 0 Å². The summed E-state index contributed by atoms with van der Waals surface area (Å²) in [7, 11) is 2.17. The van der Waals surface area contributed by atoms with Crippen LogP contribution in [0, 0.1) is 6.92 Å². The van der Waals surface area contributed by atoms with Crippen LogP contribution in [0.3, 0.4) is 0 Å². The van der Waals surface area contributed by atoms with E-state index in [0.717, 1.165) is 23.5 Å². The summed E-state index contributed by atoms with van der Waals surface area (Å²) >= 11 is 0. The third kappa shape index (κ3) is 3.89. The van der Waals surface area contributed by atoms with E-state index in [-0.39, 0.29) is 11.7 Å². The number of nitrogens with one attached hydrogen (secondary N) is 1. The summed E-state index contributed by atoms with van der Waals surface area (Å²) in [6, 6.07) is 10.4. The molecular weight excluding hydrogens is 352 g/mol. The van der Waals surface area contributed by atoms with Gasteiger partial charge in [-0.2, -0.15) is 4.98 Å². The average Bonchev–Trinajstić information content (AvgIpc) is 3.16. The quantitative estimate of drug-likeness (QED) is 0.736. The maximum Gasteiger partial charge on any atom is 0.295 e. The molecule has 7 nitrogen and oxygen atoms in total. The first kappa shape index (κ1) is 18.6. The van der Waals surface area contributed by atoms with Crippen LogP contribution in [0.2, 0.25) is 0 Å². The topological polar surface area (TPSA) is 75.4 Å². The van der Waals surface area contributed by atoms with E-state index in [2.05, 4.69) is 38.4 Å². The van der Waals surface area contributed by atoms with Gasteiger partial charge in [0.15, 0.2) is 0 Å². The standard InChI is InChI=1S/C21H26N6O/c1-15-12-13-22-21-24-19(25-27(15)21)20(28)23-18-11-7-6-8-16(18)14-26(2)17-9-4-3-5-10-17/h6-8,11-13,17H,3-5,9-10,14H2,1-2H3,(H,23,28). The highest BCUT2D eigenvalue weighted by molar-refractivity contribution is 6.02. The van der Waals surface area contributed by atoms with Crippen molar-refractivity contribution in [3.05, 3.63) is 53.6 Å². The number of rotatable bonds is 5. The van der Waals surface area contributed by atoms with Crippen molar-refractivity contribution in [1.82, 2.24) is 24.5 Å². The molecule has 0 unspecified atom stereocenters. The Morgan fingerprint density at radius 2 is 2.00 bits per heavy atom. The molecular formula is C21H26N6O. The summed E-state index contributed by atoms with van der Waals surface area (Å²) < 4.78 is 1.58. The molecule has 1 amide bonds. The highest BCUT2D eigenvalue weighted by Gasteiger charge is 2.20. The zero-order chi connectivity index (χ0) is 19.5. The number of amides is 1. The van der Waals surface area contributed by atoms with Gasteiger partial charge in [-0.05, 0) is 44.5 Å². The predicted octanol–water partition coefficient (Wildman–Crippen LogP) is 3.45. The van der Waals surface area contributed by atoms with Gasteiger partial charge in [0.2, 0.25) is 5.82 Å². The van der Waals surface area contributed by atoms with Crippen LogP contribution >= 0.6 is 0 Å². The fourth-order valence-electron chi connectivity index (χ4n) is 3.88. The smallest absolute Gasteiger partial charge is 0.295 e. The number of anilines is 1. The van der Waals surface area contributed by atoms with Crippen LogP contribution in [0.5, 0.6) is 0 Å². The molecule has 1 aliphatic carbocycles. The maximum absolute atomic E-state index is 12.7. The minimum Gasteiger partial charge on any atom is -0.319 e. The Bertz CT molecular complexity index is 976. The molecule has 2 heterocycles. The van der Waals surface area contributed by atoms with Gasteiger partial charge in [-0.1, -0.05) is 37.5 Å². The Morgan fingerprint density at radius 3 is 2.79 bits per heavy atom. The summed E-state index contributed by atoms with van der Waals surface area (Å²) in [5.41, 5.74) is 2.78. The zero-order valence-corrected chi connectivity index (χ0v) is 16.4. The minimum absolute atomic E-state index is 0.122. The maximum atomic E-state index is 12.7. The number of carbonyl (C=O) groups excluding carboxylic acids is 1. The third-order valence-electron chi connectivity index (χ3n) is 5.52. The van der Waals surface area contributed by atoms with Crippen LogP contribution in [0.15, 0.2) is 36.5 Å². The summed E-state index contributed by atoms with van der Waals surface area (Å²) in [4.78, 5) is 23.6. The normalized spacial score (nSPS) is 15.2. The first-order valence-electron chi connectivity index (χ1n) is 9.90. The average molecular weight is 378 g/mol.